The molecule has 0 saturated carbocycles. The Hall–Kier alpha value is -0.910. The first-order chi connectivity index (χ1) is 8.56. The molecule has 0 fully saturated rings. The van der Waals surface area contributed by atoms with E-state index in [2.05, 4.69) is 0 Å². The molecule has 0 amide bonds. The van der Waals surface area contributed by atoms with Crippen molar-refractivity contribution in [2.24, 2.45) is 0 Å². The topological polar surface area (TPSA) is 76.0 Å². The predicted octanol–water partition coefficient (Wildman–Crippen LogP) is 1.42. The largest absolute Gasteiger partial charge is 0.457 e. The lowest BCUT2D eigenvalue weighted by atomic mass is 10.1. The highest BCUT2D eigenvalue weighted by molar-refractivity contribution is 5.88. The lowest BCUT2D eigenvalue weighted by Gasteiger charge is -2.21. The van der Waals surface area contributed by atoms with Gasteiger partial charge in [-0.1, -0.05) is 0 Å². The van der Waals surface area contributed by atoms with Crippen molar-refractivity contribution in [3.8, 4) is 0 Å². The number of hydrogen-bond acceptors (Lipinski definition) is 5. The average Bonchev–Trinajstić information content (AvgIpc) is 2.25. The van der Waals surface area contributed by atoms with Gasteiger partial charge in [-0.05, 0) is 40.7 Å². The third-order valence-corrected chi connectivity index (χ3v) is 2.56. The summed E-state index contributed by atoms with van der Waals surface area (Å²) in [6, 6.07) is 0. The highest BCUT2D eigenvalue weighted by Crippen LogP contribution is 2.13. The molecule has 5 nitrogen and oxygen atoms in total. The van der Waals surface area contributed by atoms with Gasteiger partial charge in [-0.3, -0.25) is 0 Å². The van der Waals surface area contributed by atoms with Gasteiger partial charge in [0.1, 0.15) is 5.60 Å². The number of aliphatic hydroxyl groups is 2. The maximum atomic E-state index is 11.7. The van der Waals surface area contributed by atoms with Crippen molar-refractivity contribution in [3.05, 3.63) is 11.6 Å². The van der Waals surface area contributed by atoms with Crippen molar-refractivity contribution in [3.63, 3.8) is 0 Å². The van der Waals surface area contributed by atoms with E-state index in [1.54, 1.807) is 34.6 Å². The summed E-state index contributed by atoms with van der Waals surface area (Å²) in [6.07, 6.45) is -0.581. The summed E-state index contributed by atoms with van der Waals surface area (Å²) in [6.45, 7) is 8.61. The molecule has 0 aromatic rings. The van der Waals surface area contributed by atoms with Gasteiger partial charge in [-0.2, -0.15) is 0 Å². The first kappa shape index (κ1) is 18.1. The van der Waals surface area contributed by atoms with Crippen molar-refractivity contribution in [1.29, 1.82) is 0 Å². The normalized spacial score (nSPS) is 17.8. The minimum absolute atomic E-state index is 0.106. The highest BCUT2D eigenvalue weighted by Gasteiger charge is 2.20. The van der Waals surface area contributed by atoms with Crippen LogP contribution in [0.5, 0.6) is 0 Å². The molecule has 0 aromatic heterocycles. The van der Waals surface area contributed by atoms with Crippen LogP contribution in [0.3, 0.4) is 0 Å². The van der Waals surface area contributed by atoms with Gasteiger partial charge in [0.2, 0.25) is 0 Å². The molecular formula is C14H26O5. The van der Waals surface area contributed by atoms with Crippen LogP contribution < -0.4 is 0 Å². The molecule has 5 heteroatoms. The minimum atomic E-state index is -0.917. The van der Waals surface area contributed by atoms with Crippen LogP contribution in [-0.2, 0) is 14.3 Å². The highest BCUT2D eigenvalue weighted by atomic mass is 16.6. The van der Waals surface area contributed by atoms with E-state index >= 15 is 0 Å². The molecule has 0 spiro atoms. The Balaban J connectivity index is 4.46. The van der Waals surface area contributed by atoms with Crippen LogP contribution in [0.2, 0.25) is 0 Å². The van der Waals surface area contributed by atoms with Crippen molar-refractivity contribution in [2.75, 3.05) is 7.11 Å². The second kappa shape index (κ2) is 7.62. The second-order valence-electron chi connectivity index (χ2n) is 5.66. The number of ether oxygens (including phenoxy) is 2. The van der Waals surface area contributed by atoms with Crippen LogP contribution >= 0.6 is 0 Å². The minimum Gasteiger partial charge on any atom is -0.457 e. The van der Waals surface area contributed by atoms with E-state index in [-0.39, 0.29) is 12.5 Å². The van der Waals surface area contributed by atoms with Crippen molar-refractivity contribution in [1.82, 2.24) is 0 Å². The first-order valence-corrected chi connectivity index (χ1v) is 6.37. The Bertz CT molecular complexity index is 316. The first-order valence-electron chi connectivity index (χ1n) is 6.37. The second-order valence-corrected chi connectivity index (χ2v) is 5.66. The Kier molecular flexibility index (Phi) is 7.26. The van der Waals surface area contributed by atoms with E-state index < -0.39 is 23.8 Å². The molecule has 0 saturated heterocycles. The molecular weight excluding hydrogens is 248 g/mol. The summed E-state index contributed by atoms with van der Waals surface area (Å²) in [5, 5.41) is 19.5. The van der Waals surface area contributed by atoms with Crippen LogP contribution in [0, 0.1) is 0 Å². The maximum absolute atomic E-state index is 11.7. The lowest BCUT2D eigenvalue weighted by molar-refractivity contribution is -0.149. The summed E-state index contributed by atoms with van der Waals surface area (Å²) < 4.78 is 10.1. The molecule has 0 unspecified atom stereocenters. The molecule has 112 valence electrons. The number of methoxy groups -OCH3 is 1. The van der Waals surface area contributed by atoms with Gasteiger partial charge in [0, 0.05) is 19.1 Å². The van der Waals surface area contributed by atoms with Crippen LogP contribution in [0.1, 0.15) is 41.0 Å². The Morgan fingerprint density at radius 2 is 1.84 bits per heavy atom. The molecule has 0 aliphatic heterocycles. The van der Waals surface area contributed by atoms with Crippen molar-refractivity contribution in [2.45, 2.75) is 65.0 Å². The number of aliphatic hydroxyl groups excluding tert-OH is 2. The summed E-state index contributed by atoms with van der Waals surface area (Å²) in [7, 11) is 1.49. The monoisotopic (exact) mass is 274 g/mol. The number of carbonyl (C=O) groups is 1. The van der Waals surface area contributed by atoms with Crippen LogP contribution in [0.15, 0.2) is 11.6 Å². The molecule has 0 aromatic carbocycles. The van der Waals surface area contributed by atoms with Gasteiger partial charge in [0.15, 0.2) is 0 Å². The zero-order valence-electron chi connectivity index (χ0n) is 12.6. The number of hydrogen-bond donors (Lipinski definition) is 2. The molecule has 0 bridgehead atoms. The van der Waals surface area contributed by atoms with E-state index in [4.69, 9.17) is 9.47 Å². The maximum Gasteiger partial charge on any atom is 0.334 e. The third-order valence-electron chi connectivity index (χ3n) is 2.56. The fourth-order valence-corrected chi connectivity index (χ4v) is 1.38. The standard InChI is InChI=1S/C14H26O5/c1-9(13(17)19-14(3,4)5)7-11(15)8-12(16)10(2)18-6/h7,10-12,15-16H,8H2,1-6H3/b9-7+/t10-,11+,12-/m1/s1. The summed E-state index contributed by atoms with van der Waals surface area (Å²) in [5.41, 5.74) is -0.249. The van der Waals surface area contributed by atoms with E-state index in [1.165, 1.54) is 13.2 Å². The average molecular weight is 274 g/mol. The van der Waals surface area contributed by atoms with Gasteiger partial charge in [0.25, 0.3) is 0 Å². The molecule has 19 heavy (non-hydrogen) atoms. The zero-order valence-corrected chi connectivity index (χ0v) is 12.6. The molecule has 0 aliphatic rings. The van der Waals surface area contributed by atoms with Gasteiger partial charge in [0.05, 0.1) is 18.3 Å². The number of esters is 1. The quantitative estimate of drug-likeness (QED) is 0.566. The Labute approximate surface area is 115 Å². The van der Waals surface area contributed by atoms with Crippen molar-refractivity contribution < 1.29 is 24.5 Å². The molecule has 3 atom stereocenters. The van der Waals surface area contributed by atoms with Crippen LogP contribution in [0.25, 0.3) is 0 Å². The van der Waals surface area contributed by atoms with E-state index in [0.29, 0.717) is 5.57 Å². The lowest BCUT2D eigenvalue weighted by Crippen LogP contribution is -2.29. The molecule has 0 radical (unpaired) electrons. The Morgan fingerprint density at radius 3 is 2.26 bits per heavy atom. The molecule has 0 aliphatic carbocycles. The molecule has 0 heterocycles. The van der Waals surface area contributed by atoms with E-state index in [9.17, 15) is 15.0 Å². The van der Waals surface area contributed by atoms with Gasteiger partial charge >= 0.3 is 5.97 Å². The smallest absolute Gasteiger partial charge is 0.334 e. The number of carbonyl (C=O) groups excluding carboxylic acids is 1. The summed E-state index contributed by atoms with van der Waals surface area (Å²) in [5.74, 6) is -0.471. The van der Waals surface area contributed by atoms with Gasteiger partial charge in [-0.25, -0.2) is 4.79 Å². The van der Waals surface area contributed by atoms with Crippen molar-refractivity contribution >= 4 is 5.97 Å². The summed E-state index contributed by atoms with van der Waals surface area (Å²) in [4.78, 5) is 11.7. The van der Waals surface area contributed by atoms with Crippen LogP contribution in [0.4, 0.5) is 0 Å². The van der Waals surface area contributed by atoms with E-state index in [0.717, 1.165) is 0 Å². The number of rotatable bonds is 6. The van der Waals surface area contributed by atoms with Crippen LogP contribution in [-0.4, -0.2) is 47.2 Å². The molecule has 0 rings (SSSR count). The molecule has 2 N–H and O–H groups in total. The summed E-state index contributed by atoms with van der Waals surface area (Å²) >= 11 is 0. The fraction of sp³-hybridized carbons (Fsp3) is 0.786. The SMILES string of the molecule is CO[C@H](C)[C@H](O)C[C@@H](O)/C=C(\C)C(=O)OC(C)(C)C. The van der Waals surface area contributed by atoms with Gasteiger partial charge < -0.3 is 19.7 Å². The Morgan fingerprint density at radius 1 is 1.32 bits per heavy atom. The van der Waals surface area contributed by atoms with E-state index in [1.807, 2.05) is 0 Å². The predicted molar refractivity (Wildman–Crippen MR) is 72.7 cm³/mol. The van der Waals surface area contributed by atoms with Gasteiger partial charge in [-0.15, -0.1) is 0 Å². The third kappa shape index (κ3) is 7.97. The zero-order chi connectivity index (χ0) is 15.2. The fourth-order valence-electron chi connectivity index (χ4n) is 1.38.